The third-order valence-electron chi connectivity index (χ3n) is 4.16. The number of aromatic amines is 1. The van der Waals surface area contributed by atoms with Crippen LogP contribution in [0.5, 0.6) is 5.88 Å². The van der Waals surface area contributed by atoms with Gasteiger partial charge in [0.1, 0.15) is 17.3 Å². The molecule has 0 saturated carbocycles. The van der Waals surface area contributed by atoms with Gasteiger partial charge in [0, 0.05) is 10.9 Å². The Morgan fingerprint density at radius 2 is 1.65 bits per heavy atom. The van der Waals surface area contributed by atoms with Crippen LogP contribution in [0.3, 0.4) is 0 Å². The minimum atomic E-state index is -0.657. The summed E-state index contributed by atoms with van der Waals surface area (Å²) in [5.41, 5.74) is -0.489. The molecule has 2 aromatic rings. The van der Waals surface area contributed by atoms with Gasteiger partial charge in [-0.1, -0.05) is 38.8 Å². The number of rotatable bonds is 9. The average molecular weight is 381 g/mol. The van der Waals surface area contributed by atoms with Gasteiger partial charge in [0.15, 0.2) is 0 Å². The van der Waals surface area contributed by atoms with E-state index in [1.165, 1.54) is 12.1 Å². The van der Waals surface area contributed by atoms with Crippen molar-refractivity contribution in [1.82, 2.24) is 9.55 Å². The van der Waals surface area contributed by atoms with Gasteiger partial charge >= 0.3 is 11.2 Å². The first-order valence-corrected chi connectivity index (χ1v) is 10.5. The van der Waals surface area contributed by atoms with Gasteiger partial charge in [0.05, 0.1) is 6.54 Å². The molecule has 2 N–H and O–H groups in total. The van der Waals surface area contributed by atoms with Crippen LogP contribution in [0.4, 0.5) is 4.39 Å². The second-order valence-electron chi connectivity index (χ2n) is 6.23. The minimum absolute atomic E-state index is 0.0769. The highest BCUT2D eigenvalue weighted by molar-refractivity contribution is 7.97. The van der Waals surface area contributed by atoms with E-state index < -0.39 is 22.1 Å². The van der Waals surface area contributed by atoms with Crippen molar-refractivity contribution in [1.29, 1.82) is 0 Å². The lowest BCUT2D eigenvalue weighted by Gasteiger charge is -2.12. The molecule has 0 aliphatic heterocycles. The highest BCUT2D eigenvalue weighted by atomic mass is 32.2. The standard InChI is InChI=1S/C19H25FN2O3S/c1-3-5-11-26(12-6-4-2)16-17(23)21-19(25)22(18(16)24)13-14-7-9-15(20)10-8-14/h7-10H,3-6,11-13H2,1-2H3,(H-,21,23,24,25)/p+1. The molecule has 7 heteroatoms. The maximum absolute atomic E-state index is 13.1. The van der Waals surface area contributed by atoms with Crippen LogP contribution < -0.4 is 11.2 Å². The Bertz CT molecular complexity index is 822. The van der Waals surface area contributed by atoms with Gasteiger partial charge in [-0.25, -0.2) is 9.18 Å². The van der Waals surface area contributed by atoms with Crippen LogP contribution in [0.1, 0.15) is 45.1 Å². The van der Waals surface area contributed by atoms with Gasteiger partial charge in [0.25, 0.3) is 10.8 Å². The largest absolute Gasteiger partial charge is 0.491 e. The molecule has 0 fully saturated rings. The minimum Gasteiger partial charge on any atom is -0.491 e. The first kappa shape index (κ1) is 20.3. The smallest absolute Gasteiger partial charge is 0.331 e. The molecule has 0 saturated heterocycles. The summed E-state index contributed by atoms with van der Waals surface area (Å²) in [7, 11) is -0.404. The van der Waals surface area contributed by atoms with Crippen LogP contribution in [0, 0.1) is 5.82 Å². The Labute approximate surface area is 155 Å². The van der Waals surface area contributed by atoms with E-state index in [1.807, 2.05) is 0 Å². The summed E-state index contributed by atoms with van der Waals surface area (Å²) >= 11 is 0. The summed E-state index contributed by atoms with van der Waals surface area (Å²) < 4.78 is 14.2. The zero-order valence-corrected chi connectivity index (χ0v) is 16.1. The number of hydrogen-bond acceptors (Lipinski definition) is 3. The molecule has 0 amide bonds. The SMILES string of the molecule is CCCC[S+](CCCC)c1c(O)n(Cc2ccc(F)cc2)c(=O)[nH]c1=O. The molecule has 1 aromatic heterocycles. The first-order valence-electron chi connectivity index (χ1n) is 8.95. The number of unbranched alkanes of at least 4 members (excludes halogenated alkanes) is 2. The molecule has 1 aromatic carbocycles. The van der Waals surface area contributed by atoms with Crippen molar-refractivity contribution >= 4 is 10.9 Å². The van der Waals surface area contributed by atoms with Crippen molar-refractivity contribution in [3.05, 3.63) is 56.5 Å². The van der Waals surface area contributed by atoms with Crippen molar-refractivity contribution < 1.29 is 9.50 Å². The second-order valence-corrected chi connectivity index (χ2v) is 8.44. The summed E-state index contributed by atoms with van der Waals surface area (Å²) in [4.78, 5) is 27.3. The molecule has 0 aliphatic rings. The van der Waals surface area contributed by atoms with Crippen LogP contribution in [-0.4, -0.2) is 26.2 Å². The summed E-state index contributed by atoms with van der Waals surface area (Å²) in [5, 5.41) is 10.7. The quantitative estimate of drug-likeness (QED) is 0.656. The van der Waals surface area contributed by atoms with Gasteiger partial charge < -0.3 is 5.11 Å². The number of halogens is 1. The highest BCUT2D eigenvalue weighted by Gasteiger charge is 2.31. The van der Waals surface area contributed by atoms with Gasteiger partial charge in [0.2, 0.25) is 0 Å². The third kappa shape index (κ3) is 5.00. The van der Waals surface area contributed by atoms with Crippen molar-refractivity contribution in [3.63, 3.8) is 0 Å². The second kappa shape index (κ2) is 9.62. The van der Waals surface area contributed by atoms with E-state index in [-0.39, 0.29) is 18.2 Å². The van der Waals surface area contributed by atoms with Gasteiger partial charge in [-0.2, -0.15) is 0 Å². The maximum atomic E-state index is 13.1. The number of nitrogens with one attached hydrogen (secondary N) is 1. The number of nitrogens with zero attached hydrogens (tertiary/aromatic N) is 1. The number of hydrogen-bond donors (Lipinski definition) is 2. The van der Waals surface area contributed by atoms with Crippen LogP contribution >= 0.6 is 0 Å². The monoisotopic (exact) mass is 381 g/mol. The highest BCUT2D eigenvalue weighted by Crippen LogP contribution is 2.23. The normalized spacial score (nSPS) is 11.2. The van der Waals surface area contributed by atoms with Crippen LogP contribution in [0.25, 0.3) is 0 Å². The maximum Gasteiger partial charge on any atom is 0.331 e. The summed E-state index contributed by atoms with van der Waals surface area (Å²) in [6, 6.07) is 5.72. The predicted octanol–water partition coefficient (Wildman–Crippen LogP) is 3.01. The number of aromatic nitrogens is 2. The van der Waals surface area contributed by atoms with Crippen LogP contribution in [0.2, 0.25) is 0 Å². The number of H-pyrrole nitrogens is 1. The van der Waals surface area contributed by atoms with E-state index in [2.05, 4.69) is 18.8 Å². The topological polar surface area (TPSA) is 75.1 Å². The van der Waals surface area contributed by atoms with E-state index in [0.29, 0.717) is 10.5 Å². The van der Waals surface area contributed by atoms with E-state index >= 15 is 0 Å². The summed E-state index contributed by atoms with van der Waals surface area (Å²) in [6.45, 7) is 4.25. The lowest BCUT2D eigenvalue weighted by Crippen LogP contribution is -2.35. The Balaban J connectivity index is 2.43. The van der Waals surface area contributed by atoms with Crippen molar-refractivity contribution in [2.45, 2.75) is 51.0 Å². The third-order valence-corrected chi connectivity index (χ3v) is 6.67. The van der Waals surface area contributed by atoms with E-state index in [4.69, 9.17) is 0 Å². The molecule has 0 spiro atoms. The molecule has 1 heterocycles. The van der Waals surface area contributed by atoms with E-state index in [1.54, 1.807) is 12.1 Å². The Kier molecular flexibility index (Phi) is 7.50. The molecule has 5 nitrogen and oxygen atoms in total. The molecular formula is C19H26FN2O3S+. The zero-order chi connectivity index (χ0) is 19.1. The summed E-state index contributed by atoms with van der Waals surface area (Å²) in [5.74, 6) is 1.01. The van der Waals surface area contributed by atoms with Gasteiger partial charge in [-0.3, -0.25) is 14.3 Å². The summed E-state index contributed by atoms with van der Waals surface area (Å²) in [6.07, 6.45) is 3.93. The molecule has 0 bridgehead atoms. The van der Waals surface area contributed by atoms with Crippen LogP contribution in [0.15, 0.2) is 38.8 Å². The zero-order valence-electron chi connectivity index (χ0n) is 15.3. The fourth-order valence-corrected chi connectivity index (χ4v) is 5.23. The molecule has 26 heavy (non-hydrogen) atoms. The first-order chi connectivity index (χ1) is 12.5. The fourth-order valence-electron chi connectivity index (χ4n) is 2.66. The van der Waals surface area contributed by atoms with Crippen molar-refractivity contribution in [3.8, 4) is 5.88 Å². The van der Waals surface area contributed by atoms with E-state index in [9.17, 15) is 19.1 Å². The van der Waals surface area contributed by atoms with Gasteiger partial charge in [-0.05, 0) is 30.5 Å². The van der Waals surface area contributed by atoms with Crippen molar-refractivity contribution in [2.24, 2.45) is 0 Å². The molecule has 0 atom stereocenters. The van der Waals surface area contributed by atoms with Crippen molar-refractivity contribution in [2.75, 3.05) is 11.5 Å². The molecule has 0 radical (unpaired) electrons. The van der Waals surface area contributed by atoms with E-state index in [0.717, 1.165) is 41.8 Å². The number of aromatic hydroxyl groups is 1. The molecule has 2 rings (SSSR count). The molecule has 142 valence electrons. The van der Waals surface area contributed by atoms with Gasteiger partial charge in [-0.15, -0.1) is 0 Å². The lowest BCUT2D eigenvalue weighted by molar-refractivity contribution is 0.393. The molecular weight excluding hydrogens is 355 g/mol. The average Bonchev–Trinajstić information content (AvgIpc) is 2.61. The van der Waals surface area contributed by atoms with Crippen LogP contribution in [-0.2, 0) is 17.4 Å². The molecule has 0 aliphatic carbocycles. The Morgan fingerprint density at radius 3 is 2.19 bits per heavy atom. The lowest BCUT2D eigenvalue weighted by atomic mass is 10.2. The number of benzene rings is 1. The Hall–Kier alpha value is -2.02. The fraction of sp³-hybridized carbons (Fsp3) is 0.474. The predicted molar refractivity (Wildman–Crippen MR) is 104 cm³/mol. The Morgan fingerprint density at radius 1 is 1.08 bits per heavy atom. The molecule has 0 unspecified atom stereocenters.